The Morgan fingerprint density at radius 2 is 1.75 bits per heavy atom. The van der Waals surface area contributed by atoms with Crippen LogP contribution in [0.2, 0.25) is 0 Å². The molecule has 0 spiro atoms. The number of hydrazone groups is 1. The van der Waals surface area contributed by atoms with Gasteiger partial charge in [-0.2, -0.15) is 5.10 Å². The SMILES string of the molecule is COc1cccc(C=NNC(=O)CN(c2ccc(C)cc2)S(=O)(=O)c2ccccc2)c1O. The van der Waals surface area contributed by atoms with E-state index in [1.54, 1.807) is 60.7 Å². The molecule has 8 nitrogen and oxygen atoms in total. The average molecular weight is 454 g/mol. The van der Waals surface area contributed by atoms with Crippen LogP contribution in [0.3, 0.4) is 0 Å². The first-order valence-corrected chi connectivity index (χ1v) is 11.1. The van der Waals surface area contributed by atoms with Crippen molar-refractivity contribution in [2.45, 2.75) is 11.8 Å². The molecule has 0 atom stereocenters. The van der Waals surface area contributed by atoms with Crippen LogP contribution < -0.4 is 14.5 Å². The fraction of sp³-hybridized carbons (Fsp3) is 0.130. The van der Waals surface area contributed by atoms with Crippen molar-refractivity contribution in [3.63, 3.8) is 0 Å². The summed E-state index contributed by atoms with van der Waals surface area (Å²) in [6, 6.07) is 19.5. The highest BCUT2D eigenvalue weighted by Crippen LogP contribution is 2.28. The highest BCUT2D eigenvalue weighted by atomic mass is 32.2. The van der Waals surface area contributed by atoms with E-state index in [-0.39, 0.29) is 16.4 Å². The van der Waals surface area contributed by atoms with E-state index in [4.69, 9.17) is 4.74 Å². The second-order valence-electron chi connectivity index (χ2n) is 6.85. The molecule has 0 saturated carbocycles. The van der Waals surface area contributed by atoms with Crippen molar-refractivity contribution in [3.05, 3.63) is 83.9 Å². The highest BCUT2D eigenvalue weighted by Gasteiger charge is 2.27. The van der Waals surface area contributed by atoms with E-state index < -0.39 is 22.5 Å². The molecule has 0 bridgehead atoms. The molecular weight excluding hydrogens is 430 g/mol. The van der Waals surface area contributed by atoms with E-state index >= 15 is 0 Å². The number of hydrogen-bond donors (Lipinski definition) is 2. The Morgan fingerprint density at radius 3 is 2.41 bits per heavy atom. The second-order valence-corrected chi connectivity index (χ2v) is 8.71. The fourth-order valence-corrected chi connectivity index (χ4v) is 4.34. The van der Waals surface area contributed by atoms with Crippen molar-refractivity contribution in [2.75, 3.05) is 18.0 Å². The van der Waals surface area contributed by atoms with Crippen LogP contribution >= 0.6 is 0 Å². The number of hydrogen-bond acceptors (Lipinski definition) is 6. The number of phenolic OH excluding ortho intramolecular Hbond substituents is 1. The number of anilines is 1. The summed E-state index contributed by atoms with van der Waals surface area (Å²) in [6.45, 7) is 1.40. The normalized spacial score (nSPS) is 11.3. The van der Waals surface area contributed by atoms with Gasteiger partial charge in [0.1, 0.15) is 6.54 Å². The summed E-state index contributed by atoms with van der Waals surface area (Å²) >= 11 is 0. The van der Waals surface area contributed by atoms with Crippen LogP contribution in [-0.4, -0.2) is 39.3 Å². The predicted octanol–water partition coefficient (Wildman–Crippen LogP) is 3.05. The van der Waals surface area contributed by atoms with Crippen molar-refractivity contribution in [2.24, 2.45) is 5.10 Å². The zero-order chi connectivity index (χ0) is 23.1. The molecule has 0 aromatic heterocycles. The van der Waals surface area contributed by atoms with E-state index in [2.05, 4.69) is 10.5 Å². The lowest BCUT2D eigenvalue weighted by atomic mass is 10.2. The summed E-state index contributed by atoms with van der Waals surface area (Å²) < 4.78 is 32.5. The largest absolute Gasteiger partial charge is 0.504 e. The molecule has 166 valence electrons. The van der Waals surface area contributed by atoms with Gasteiger partial charge in [-0.25, -0.2) is 13.8 Å². The number of amides is 1. The first-order chi connectivity index (χ1) is 15.3. The number of benzene rings is 3. The molecule has 3 rings (SSSR count). The molecule has 0 fully saturated rings. The number of para-hydroxylation sites is 1. The number of rotatable bonds is 8. The monoisotopic (exact) mass is 453 g/mol. The number of nitrogens with zero attached hydrogens (tertiary/aromatic N) is 2. The number of carbonyl (C=O) groups excluding carboxylic acids is 1. The lowest BCUT2D eigenvalue weighted by molar-refractivity contribution is -0.119. The average Bonchev–Trinajstić information content (AvgIpc) is 2.80. The fourth-order valence-electron chi connectivity index (χ4n) is 2.89. The summed E-state index contributed by atoms with van der Waals surface area (Å²) in [7, 11) is -2.57. The number of carbonyl (C=O) groups is 1. The molecule has 0 aliphatic heterocycles. The lowest BCUT2D eigenvalue weighted by Crippen LogP contribution is -2.39. The molecule has 3 aromatic rings. The minimum absolute atomic E-state index is 0.0678. The maximum absolute atomic E-state index is 13.2. The molecule has 0 aliphatic carbocycles. The van der Waals surface area contributed by atoms with Gasteiger partial charge in [0.25, 0.3) is 15.9 Å². The minimum atomic E-state index is -3.99. The Hall–Kier alpha value is -3.85. The molecule has 0 heterocycles. The second kappa shape index (κ2) is 9.97. The van der Waals surface area contributed by atoms with Crippen LogP contribution in [0.1, 0.15) is 11.1 Å². The summed E-state index contributed by atoms with van der Waals surface area (Å²) in [5.41, 5.74) is 3.94. The summed E-state index contributed by atoms with van der Waals surface area (Å²) in [6.07, 6.45) is 1.25. The molecule has 3 aromatic carbocycles. The van der Waals surface area contributed by atoms with Crippen LogP contribution in [-0.2, 0) is 14.8 Å². The quantitative estimate of drug-likeness (QED) is 0.403. The Labute approximate surface area is 186 Å². The lowest BCUT2D eigenvalue weighted by Gasteiger charge is -2.23. The van der Waals surface area contributed by atoms with Gasteiger partial charge in [-0.1, -0.05) is 42.0 Å². The summed E-state index contributed by atoms with van der Waals surface area (Å²) in [4.78, 5) is 12.6. The Bertz CT molecular complexity index is 1210. The van der Waals surface area contributed by atoms with E-state index in [1.807, 2.05) is 6.92 Å². The zero-order valence-corrected chi connectivity index (χ0v) is 18.4. The highest BCUT2D eigenvalue weighted by molar-refractivity contribution is 7.92. The van der Waals surface area contributed by atoms with Gasteiger partial charge in [-0.3, -0.25) is 9.10 Å². The maximum Gasteiger partial charge on any atom is 0.264 e. The number of phenols is 1. The number of ether oxygens (including phenoxy) is 1. The van der Waals surface area contributed by atoms with E-state index in [9.17, 15) is 18.3 Å². The molecule has 0 unspecified atom stereocenters. The molecular formula is C23H23N3O5S. The molecule has 9 heteroatoms. The van der Waals surface area contributed by atoms with Gasteiger partial charge >= 0.3 is 0 Å². The molecule has 0 saturated heterocycles. The molecule has 2 N–H and O–H groups in total. The molecule has 32 heavy (non-hydrogen) atoms. The summed E-state index contributed by atoms with van der Waals surface area (Å²) in [5.74, 6) is -0.510. The Kier molecular flexibility index (Phi) is 7.11. The maximum atomic E-state index is 13.2. The van der Waals surface area contributed by atoms with Crippen LogP contribution in [0.25, 0.3) is 0 Å². The van der Waals surface area contributed by atoms with Crippen LogP contribution in [0.4, 0.5) is 5.69 Å². The minimum Gasteiger partial charge on any atom is -0.504 e. The zero-order valence-electron chi connectivity index (χ0n) is 17.6. The molecule has 0 radical (unpaired) electrons. The van der Waals surface area contributed by atoms with Gasteiger partial charge in [0.2, 0.25) is 0 Å². The number of aryl methyl sites for hydroxylation is 1. The van der Waals surface area contributed by atoms with Crippen LogP contribution in [0.5, 0.6) is 11.5 Å². The number of aromatic hydroxyl groups is 1. The van der Waals surface area contributed by atoms with Gasteiger partial charge in [0.05, 0.1) is 23.9 Å². The number of methoxy groups -OCH3 is 1. The number of nitrogens with one attached hydrogen (secondary N) is 1. The van der Waals surface area contributed by atoms with Crippen molar-refractivity contribution < 1.29 is 23.1 Å². The smallest absolute Gasteiger partial charge is 0.264 e. The van der Waals surface area contributed by atoms with E-state index in [0.29, 0.717) is 11.3 Å². The predicted molar refractivity (Wildman–Crippen MR) is 123 cm³/mol. The van der Waals surface area contributed by atoms with Crippen molar-refractivity contribution in [3.8, 4) is 11.5 Å². The van der Waals surface area contributed by atoms with Crippen LogP contribution in [0.15, 0.2) is 82.8 Å². The van der Waals surface area contributed by atoms with E-state index in [0.717, 1.165) is 9.87 Å². The molecule has 0 aliphatic rings. The van der Waals surface area contributed by atoms with Gasteiger partial charge < -0.3 is 9.84 Å². The standard InChI is InChI=1S/C23H23N3O5S/c1-17-11-13-19(14-12-17)26(32(29,30)20-8-4-3-5-9-20)16-22(27)25-24-15-18-7-6-10-21(31-2)23(18)28/h3-15,28H,16H2,1-2H3,(H,25,27). The summed E-state index contributed by atoms with van der Waals surface area (Å²) in [5, 5.41) is 13.9. The van der Waals surface area contributed by atoms with Crippen LogP contribution in [0, 0.1) is 6.92 Å². The Morgan fingerprint density at radius 1 is 1.06 bits per heavy atom. The van der Waals surface area contributed by atoms with Crippen molar-refractivity contribution in [1.29, 1.82) is 0 Å². The first-order valence-electron chi connectivity index (χ1n) is 9.65. The van der Waals surface area contributed by atoms with E-state index in [1.165, 1.54) is 25.5 Å². The third kappa shape index (κ3) is 5.25. The Balaban J connectivity index is 1.82. The molecule has 1 amide bonds. The number of sulfonamides is 1. The first kappa shape index (κ1) is 22.8. The third-order valence-electron chi connectivity index (χ3n) is 4.58. The van der Waals surface area contributed by atoms with Gasteiger partial charge in [-0.15, -0.1) is 0 Å². The van der Waals surface area contributed by atoms with Gasteiger partial charge in [0.15, 0.2) is 11.5 Å². The third-order valence-corrected chi connectivity index (χ3v) is 6.37. The van der Waals surface area contributed by atoms with Crippen molar-refractivity contribution in [1.82, 2.24) is 5.43 Å². The van der Waals surface area contributed by atoms with Gasteiger partial charge in [-0.05, 0) is 43.3 Å². The van der Waals surface area contributed by atoms with Gasteiger partial charge in [0, 0.05) is 5.56 Å². The van der Waals surface area contributed by atoms with Crippen molar-refractivity contribution >= 4 is 27.8 Å². The topological polar surface area (TPSA) is 108 Å².